The molecule has 0 aliphatic rings. The molecule has 0 saturated heterocycles. The van der Waals surface area contributed by atoms with Gasteiger partial charge in [-0.1, -0.05) is 0 Å². The van der Waals surface area contributed by atoms with Gasteiger partial charge < -0.3 is 5.73 Å². The van der Waals surface area contributed by atoms with E-state index in [2.05, 4.69) is 9.82 Å². The van der Waals surface area contributed by atoms with E-state index in [9.17, 15) is 18.5 Å². The molecule has 0 atom stereocenters. The topological polar surface area (TPSA) is 133 Å². The zero-order valence-corrected chi connectivity index (χ0v) is 11.9. The van der Waals surface area contributed by atoms with Crippen LogP contribution in [0.25, 0.3) is 0 Å². The highest BCUT2D eigenvalue weighted by atomic mass is 32.2. The van der Waals surface area contributed by atoms with Crippen molar-refractivity contribution in [3.8, 4) is 0 Å². The third-order valence-electron chi connectivity index (χ3n) is 2.72. The van der Waals surface area contributed by atoms with E-state index in [1.807, 2.05) is 0 Å². The van der Waals surface area contributed by atoms with E-state index in [0.29, 0.717) is 5.56 Å². The van der Waals surface area contributed by atoms with Gasteiger partial charge in [-0.25, -0.2) is 13.1 Å². The van der Waals surface area contributed by atoms with Gasteiger partial charge in [0.05, 0.1) is 16.8 Å². The van der Waals surface area contributed by atoms with Crippen molar-refractivity contribution in [1.82, 2.24) is 14.5 Å². The molecule has 1 aromatic heterocycles. The van der Waals surface area contributed by atoms with E-state index in [1.54, 1.807) is 13.2 Å². The predicted molar refractivity (Wildman–Crippen MR) is 74.7 cm³/mol. The van der Waals surface area contributed by atoms with Crippen LogP contribution in [-0.4, -0.2) is 23.1 Å². The number of nitrogens with two attached hydrogens (primary N) is 1. The van der Waals surface area contributed by atoms with E-state index in [-0.39, 0.29) is 22.8 Å². The van der Waals surface area contributed by atoms with Gasteiger partial charge >= 0.3 is 0 Å². The fourth-order valence-corrected chi connectivity index (χ4v) is 2.86. The molecule has 21 heavy (non-hydrogen) atoms. The summed E-state index contributed by atoms with van der Waals surface area (Å²) in [7, 11) is -2.25. The first-order chi connectivity index (χ1) is 9.79. The van der Waals surface area contributed by atoms with Crippen LogP contribution in [0.2, 0.25) is 0 Å². The SMILES string of the molecule is Cn1cc(CNS(=O)(=O)c2cc([N+](=O)[O-])ccc2N)cn1. The molecule has 0 spiro atoms. The summed E-state index contributed by atoms with van der Waals surface area (Å²) in [5.41, 5.74) is 5.85. The largest absolute Gasteiger partial charge is 0.398 e. The van der Waals surface area contributed by atoms with Gasteiger partial charge in [0.2, 0.25) is 10.0 Å². The lowest BCUT2D eigenvalue weighted by Gasteiger charge is -2.08. The molecular formula is C11H13N5O4S. The number of non-ortho nitro benzene ring substituents is 1. The number of nitrogens with one attached hydrogen (secondary N) is 1. The number of hydrogen-bond acceptors (Lipinski definition) is 6. The quantitative estimate of drug-likeness (QED) is 0.466. The molecule has 2 rings (SSSR count). The third kappa shape index (κ3) is 3.35. The molecule has 0 saturated carbocycles. The number of aromatic nitrogens is 2. The van der Waals surface area contributed by atoms with Crippen LogP contribution in [0.4, 0.5) is 11.4 Å². The van der Waals surface area contributed by atoms with Gasteiger partial charge in [0.1, 0.15) is 4.90 Å². The molecule has 10 heteroatoms. The average molecular weight is 311 g/mol. The maximum absolute atomic E-state index is 12.2. The first kappa shape index (κ1) is 14.9. The van der Waals surface area contributed by atoms with Crippen LogP contribution in [0, 0.1) is 10.1 Å². The number of anilines is 1. The molecule has 0 bridgehead atoms. The molecule has 1 heterocycles. The molecule has 0 amide bonds. The Bertz CT molecular complexity index is 784. The normalized spacial score (nSPS) is 11.5. The van der Waals surface area contributed by atoms with Gasteiger partial charge in [0.15, 0.2) is 0 Å². The summed E-state index contributed by atoms with van der Waals surface area (Å²) in [6.07, 6.45) is 3.17. The summed E-state index contributed by atoms with van der Waals surface area (Å²) in [4.78, 5) is 9.71. The number of benzene rings is 1. The minimum atomic E-state index is -3.95. The predicted octanol–water partition coefficient (Wildman–Crippen LogP) is 0.389. The summed E-state index contributed by atoms with van der Waals surface area (Å²) in [5, 5.41) is 14.6. The smallest absolute Gasteiger partial charge is 0.270 e. The Labute approximate surface area is 120 Å². The third-order valence-corrected chi connectivity index (χ3v) is 4.18. The summed E-state index contributed by atoms with van der Waals surface area (Å²) in [5.74, 6) is 0. The van der Waals surface area contributed by atoms with Crippen LogP contribution in [0.1, 0.15) is 5.56 Å². The molecule has 2 aromatic rings. The number of nitrogens with zero attached hydrogens (tertiary/aromatic N) is 3. The first-order valence-electron chi connectivity index (χ1n) is 5.81. The second-order valence-electron chi connectivity index (χ2n) is 4.33. The number of nitrogen functional groups attached to an aromatic ring is 1. The number of nitro benzene ring substituents is 1. The van der Waals surface area contributed by atoms with Crippen LogP contribution >= 0.6 is 0 Å². The first-order valence-corrected chi connectivity index (χ1v) is 7.29. The lowest BCUT2D eigenvalue weighted by molar-refractivity contribution is -0.385. The minimum absolute atomic E-state index is 0.0122. The molecule has 0 fully saturated rings. The zero-order chi connectivity index (χ0) is 15.6. The zero-order valence-electron chi connectivity index (χ0n) is 11.1. The van der Waals surface area contributed by atoms with E-state index in [4.69, 9.17) is 5.73 Å². The molecule has 0 radical (unpaired) electrons. The Hall–Kier alpha value is -2.46. The fraction of sp³-hybridized carbons (Fsp3) is 0.182. The van der Waals surface area contributed by atoms with E-state index < -0.39 is 14.9 Å². The van der Waals surface area contributed by atoms with Gasteiger partial charge in [-0.2, -0.15) is 5.10 Å². The van der Waals surface area contributed by atoms with Crippen LogP contribution in [0.3, 0.4) is 0 Å². The Morgan fingerprint density at radius 2 is 2.19 bits per heavy atom. The number of aryl methyl sites for hydroxylation is 1. The molecule has 0 aliphatic carbocycles. The summed E-state index contributed by atoms with van der Waals surface area (Å²) in [6.45, 7) is 0.0122. The van der Waals surface area contributed by atoms with Crippen molar-refractivity contribution < 1.29 is 13.3 Å². The maximum atomic E-state index is 12.2. The van der Waals surface area contributed by atoms with Gasteiger partial charge in [0.25, 0.3) is 5.69 Å². The van der Waals surface area contributed by atoms with Gasteiger partial charge in [-0.15, -0.1) is 0 Å². The Balaban J connectivity index is 2.26. The maximum Gasteiger partial charge on any atom is 0.270 e. The summed E-state index contributed by atoms with van der Waals surface area (Å²) < 4.78 is 28.2. The van der Waals surface area contributed by atoms with Gasteiger partial charge in [-0.3, -0.25) is 14.8 Å². The van der Waals surface area contributed by atoms with Crippen molar-refractivity contribution in [2.75, 3.05) is 5.73 Å². The Kier molecular flexibility index (Phi) is 3.91. The average Bonchev–Trinajstić information content (AvgIpc) is 2.82. The Morgan fingerprint density at radius 3 is 2.76 bits per heavy atom. The van der Waals surface area contributed by atoms with Gasteiger partial charge in [0, 0.05) is 37.5 Å². The summed E-state index contributed by atoms with van der Waals surface area (Å²) >= 11 is 0. The number of sulfonamides is 1. The number of nitro groups is 1. The second-order valence-corrected chi connectivity index (χ2v) is 6.06. The van der Waals surface area contributed by atoms with Crippen LogP contribution in [-0.2, 0) is 23.6 Å². The molecule has 3 N–H and O–H groups in total. The molecule has 9 nitrogen and oxygen atoms in total. The molecular weight excluding hydrogens is 298 g/mol. The van der Waals surface area contributed by atoms with Gasteiger partial charge in [-0.05, 0) is 6.07 Å². The van der Waals surface area contributed by atoms with Crippen LogP contribution in [0.15, 0.2) is 35.5 Å². The fourth-order valence-electron chi connectivity index (χ4n) is 1.69. The second kappa shape index (κ2) is 5.50. The summed E-state index contributed by atoms with van der Waals surface area (Å²) in [6, 6.07) is 3.27. The number of rotatable bonds is 5. The monoisotopic (exact) mass is 311 g/mol. The minimum Gasteiger partial charge on any atom is -0.398 e. The lowest BCUT2D eigenvalue weighted by Crippen LogP contribution is -2.24. The van der Waals surface area contributed by atoms with Crippen molar-refractivity contribution in [3.63, 3.8) is 0 Å². The van der Waals surface area contributed by atoms with E-state index in [1.165, 1.54) is 16.9 Å². The molecule has 0 aliphatic heterocycles. The highest BCUT2D eigenvalue weighted by Crippen LogP contribution is 2.24. The van der Waals surface area contributed by atoms with Crippen molar-refractivity contribution in [1.29, 1.82) is 0 Å². The van der Waals surface area contributed by atoms with Crippen molar-refractivity contribution >= 4 is 21.4 Å². The highest BCUT2D eigenvalue weighted by Gasteiger charge is 2.21. The number of hydrogen-bond donors (Lipinski definition) is 2. The standard InChI is InChI=1S/C11H13N5O4S/c1-15-7-8(5-13-15)6-14-21(19,20)11-4-9(16(17)18)2-3-10(11)12/h2-5,7,14H,6,12H2,1H3. The molecule has 0 unspecified atom stereocenters. The van der Waals surface area contributed by atoms with Crippen molar-refractivity contribution in [3.05, 3.63) is 46.3 Å². The van der Waals surface area contributed by atoms with Crippen LogP contribution < -0.4 is 10.5 Å². The highest BCUT2D eigenvalue weighted by molar-refractivity contribution is 7.89. The van der Waals surface area contributed by atoms with E-state index in [0.717, 1.165) is 12.1 Å². The van der Waals surface area contributed by atoms with Crippen molar-refractivity contribution in [2.24, 2.45) is 7.05 Å². The van der Waals surface area contributed by atoms with E-state index >= 15 is 0 Å². The molecule has 112 valence electrons. The lowest BCUT2D eigenvalue weighted by atomic mass is 10.3. The van der Waals surface area contributed by atoms with Crippen LogP contribution in [0.5, 0.6) is 0 Å². The Morgan fingerprint density at radius 1 is 1.48 bits per heavy atom. The van der Waals surface area contributed by atoms with Crippen molar-refractivity contribution in [2.45, 2.75) is 11.4 Å². The molecule has 1 aromatic carbocycles.